The van der Waals surface area contributed by atoms with Crippen molar-refractivity contribution in [1.29, 1.82) is 0 Å². The minimum atomic E-state index is 0.255. The Morgan fingerprint density at radius 3 is 1.81 bits per heavy atom. The molecule has 2 heteroatoms. The number of nitrogens with zero attached hydrogens (tertiary/aromatic N) is 1. The van der Waals surface area contributed by atoms with E-state index < -0.39 is 0 Å². The van der Waals surface area contributed by atoms with Gasteiger partial charge in [0.1, 0.15) is 6.54 Å². The molecule has 0 bridgehead atoms. The van der Waals surface area contributed by atoms with E-state index >= 15 is 0 Å². The van der Waals surface area contributed by atoms with Crippen molar-refractivity contribution in [1.82, 2.24) is 0 Å². The summed E-state index contributed by atoms with van der Waals surface area (Å²) in [7, 11) is 0. The monoisotopic (exact) mass is 468 g/mol. The molecule has 1 nitrogen and oxygen atoms in total. The van der Waals surface area contributed by atoms with E-state index in [2.05, 4.69) is 72.7 Å². The van der Waals surface area contributed by atoms with Crippen molar-refractivity contribution in [3.05, 3.63) is 35.9 Å². The summed E-state index contributed by atoms with van der Waals surface area (Å²) in [4.78, 5) is 0. The van der Waals surface area contributed by atoms with Gasteiger partial charge in [0.25, 0.3) is 0 Å². The first kappa shape index (κ1) is 23.5. The number of alkyl halides is 1. The Kier molecular flexibility index (Phi) is 13.1. The number of benzene rings is 1. The third kappa shape index (κ3) is 8.91. The van der Waals surface area contributed by atoms with Crippen molar-refractivity contribution in [3.8, 4) is 12.3 Å². The van der Waals surface area contributed by atoms with Gasteiger partial charge in [0.2, 0.25) is 4.05 Å². The molecular formula is C24H39IN+. The minimum Gasteiger partial charge on any atom is -0.299 e. The number of terminal acetylenes is 1. The SMILES string of the molecule is C#CC(I)[N+](CCCCCCC)(CCCCCCC)Cc1ccccc1. The molecule has 0 saturated heterocycles. The molecule has 0 amide bonds. The van der Waals surface area contributed by atoms with E-state index in [0.29, 0.717) is 0 Å². The number of hydrogen-bond donors (Lipinski definition) is 0. The number of unbranched alkanes of at least 4 members (excludes halogenated alkanes) is 8. The quantitative estimate of drug-likeness (QED) is 0.0631. The normalized spacial score (nSPS) is 12.7. The van der Waals surface area contributed by atoms with E-state index in [9.17, 15) is 0 Å². The molecule has 1 rings (SSSR count). The van der Waals surface area contributed by atoms with Crippen molar-refractivity contribution < 1.29 is 4.48 Å². The van der Waals surface area contributed by atoms with Gasteiger partial charge in [-0.25, -0.2) is 0 Å². The largest absolute Gasteiger partial charge is 0.299 e. The summed E-state index contributed by atoms with van der Waals surface area (Å²) in [6.07, 6.45) is 19.3. The molecule has 0 radical (unpaired) electrons. The zero-order chi connectivity index (χ0) is 19.1. The van der Waals surface area contributed by atoms with Crippen LogP contribution in [0, 0.1) is 12.3 Å². The van der Waals surface area contributed by atoms with Crippen LogP contribution in [0.15, 0.2) is 30.3 Å². The number of rotatable bonds is 15. The Bertz CT molecular complexity index is 477. The van der Waals surface area contributed by atoms with Crippen LogP contribution in [0.4, 0.5) is 0 Å². The molecule has 0 aliphatic rings. The van der Waals surface area contributed by atoms with Gasteiger partial charge in [-0.15, -0.1) is 6.42 Å². The van der Waals surface area contributed by atoms with Gasteiger partial charge in [-0.1, -0.05) is 82.7 Å². The first-order valence-corrected chi connectivity index (χ1v) is 11.9. The van der Waals surface area contributed by atoms with Gasteiger partial charge in [0.15, 0.2) is 0 Å². The van der Waals surface area contributed by atoms with Crippen molar-refractivity contribution in [3.63, 3.8) is 0 Å². The molecule has 1 aromatic rings. The second-order valence-corrected chi connectivity index (χ2v) is 8.82. The molecule has 1 unspecified atom stereocenters. The average Bonchev–Trinajstić information content (AvgIpc) is 2.67. The summed E-state index contributed by atoms with van der Waals surface area (Å²) in [5.41, 5.74) is 1.42. The lowest BCUT2D eigenvalue weighted by molar-refractivity contribution is -0.940. The second kappa shape index (κ2) is 14.5. The smallest absolute Gasteiger partial charge is 0.200 e. The maximum Gasteiger partial charge on any atom is 0.200 e. The van der Waals surface area contributed by atoms with Crippen LogP contribution in [-0.2, 0) is 6.54 Å². The van der Waals surface area contributed by atoms with Crippen molar-refractivity contribution in [2.45, 2.75) is 88.6 Å². The van der Waals surface area contributed by atoms with Crippen LogP contribution in [0.3, 0.4) is 0 Å². The first-order valence-electron chi connectivity index (χ1n) is 10.7. The predicted molar refractivity (Wildman–Crippen MR) is 124 cm³/mol. The van der Waals surface area contributed by atoms with Gasteiger partial charge in [0, 0.05) is 28.2 Å². The van der Waals surface area contributed by atoms with Gasteiger partial charge in [0.05, 0.1) is 13.1 Å². The highest BCUT2D eigenvalue weighted by Gasteiger charge is 2.33. The first-order chi connectivity index (χ1) is 12.7. The maximum atomic E-state index is 5.94. The lowest BCUT2D eigenvalue weighted by Gasteiger charge is -2.41. The lowest BCUT2D eigenvalue weighted by Crippen LogP contribution is -2.53. The van der Waals surface area contributed by atoms with Crippen molar-refractivity contribution in [2.24, 2.45) is 0 Å². The van der Waals surface area contributed by atoms with Crippen LogP contribution in [0.5, 0.6) is 0 Å². The van der Waals surface area contributed by atoms with Gasteiger partial charge in [-0.2, -0.15) is 0 Å². The zero-order valence-corrected chi connectivity index (χ0v) is 19.2. The molecule has 0 aliphatic carbocycles. The summed E-state index contributed by atoms with van der Waals surface area (Å²) in [6.45, 7) is 8.06. The van der Waals surface area contributed by atoms with E-state index in [1.807, 2.05) is 0 Å². The molecule has 0 saturated carbocycles. The van der Waals surface area contributed by atoms with Crippen LogP contribution >= 0.6 is 22.6 Å². The summed E-state index contributed by atoms with van der Waals surface area (Å²) in [6, 6.07) is 11.0. The highest BCUT2D eigenvalue weighted by atomic mass is 127. The number of quaternary nitrogens is 1. The molecule has 0 aromatic heterocycles. The topological polar surface area (TPSA) is 0 Å². The Morgan fingerprint density at radius 1 is 0.846 bits per heavy atom. The molecule has 0 spiro atoms. The molecular weight excluding hydrogens is 429 g/mol. The molecule has 0 fully saturated rings. The molecule has 0 heterocycles. The van der Waals surface area contributed by atoms with Gasteiger partial charge >= 0.3 is 0 Å². The van der Waals surface area contributed by atoms with Crippen LogP contribution in [0.25, 0.3) is 0 Å². The fraction of sp³-hybridized carbons (Fsp3) is 0.667. The Hall–Kier alpha value is -0.530. The van der Waals surface area contributed by atoms with E-state index in [4.69, 9.17) is 6.42 Å². The highest BCUT2D eigenvalue weighted by molar-refractivity contribution is 14.1. The molecule has 0 N–H and O–H groups in total. The summed E-state index contributed by atoms with van der Waals surface area (Å²) in [5, 5.41) is 0. The van der Waals surface area contributed by atoms with Crippen LogP contribution in [-0.4, -0.2) is 21.6 Å². The summed E-state index contributed by atoms with van der Waals surface area (Å²) >= 11 is 2.52. The third-order valence-corrected chi connectivity index (χ3v) is 6.91. The fourth-order valence-corrected chi connectivity index (χ4v) is 4.50. The Morgan fingerprint density at radius 2 is 1.35 bits per heavy atom. The van der Waals surface area contributed by atoms with E-state index in [-0.39, 0.29) is 4.05 Å². The Balaban J connectivity index is 2.79. The average molecular weight is 468 g/mol. The summed E-state index contributed by atoms with van der Waals surface area (Å²) < 4.78 is 1.31. The summed E-state index contributed by atoms with van der Waals surface area (Å²) in [5.74, 6) is 3.09. The highest BCUT2D eigenvalue weighted by Crippen LogP contribution is 2.27. The molecule has 26 heavy (non-hydrogen) atoms. The van der Waals surface area contributed by atoms with Crippen LogP contribution in [0.1, 0.15) is 83.6 Å². The molecule has 1 aromatic carbocycles. The molecule has 146 valence electrons. The number of halogens is 1. The maximum absolute atomic E-state index is 5.94. The lowest BCUT2D eigenvalue weighted by atomic mass is 10.1. The van der Waals surface area contributed by atoms with E-state index in [0.717, 1.165) is 11.0 Å². The Labute approximate surface area is 176 Å². The van der Waals surface area contributed by atoms with Crippen molar-refractivity contribution >= 4 is 22.6 Å². The molecule has 1 atom stereocenters. The van der Waals surface area contributed by atoms with E-state index in [1.54, 1.807) is 0 Å². The zero-order valence-electron chi connectivity index (χ0n) is 17.1. The van der Waals surface area contributed by atoms with Gasteiger partial charge in [-0.3, -0.25) is 4.48 Å². The van der Waals surface area contributed by atoms with Crippen molar-refractivity contribution in [2.75, 3.05) is 13.1 Å². The fourth-order valence-electron chi connectivity index (χ4n) is 3.74. The minimum absolute atomic E-state index is 0.255. The van der Waals surface area contributed by atoms with Crippen LogP contribution < -0.4 is 0 Å². The molecule has 0 aliphatic heterocycles. The second-order valence-electron chi connectivity index (χ2n) is 7.64. The van der Waals surface area contributed by atoms with Gasteiger partial charge < -0.3 is 0 Å². The van der Waals surface area contributed by atoms with E-state index in [1.165, 1.54) is 82.9 Å². The van der Waals surface area contributed by atoms with Gasteiger partial charge in [-0.05, 0) is 31.6 Å². The van der Waals surface area contributed by atoms with Crippen LogP contribution in [0.2, 0.25) is 0 Å². The third-order valence-electron chi connectivity index (χ3n) is 5.37. The predicted octanol–water partition coefficient (Wildman–Crippen LogP) is 7.34. The number of hydrogen-bond acceptors (Lipinski definition) is 0. The standard InChI is InChI=1S/C24H39IN/c1-4-7-9-11-16-20-26(24(25)6-3,21-17-12-10-8-5-2)22-23-18-14-13-15-19-23/h3,13-15,18-19,24H,4-5,7-12,16-17,20-22H2,1-2H3/q+1.